The highest BCUT2D eigenvalue weighted by molar-refractivity contribution is 5.77. The highest BCUT2D eigenvalue weighted by Crippen LogP contribution is 2.15. The standard InChI is InChI=1S/C14H30N4/c1-3-8-16-14(15)17-9-4-5-10-18-11-6-7-13(2)12-18/h13H,3-12H2,1-2H3,(H3,15,16,17). The first-order chi connectivity index (χ1) is 8.72. The Morgan fingerprint density at radius 3 is 3.00 bits per heavy atom. The summed E-state index contributed by atoms with van der Waals surface area (Å²) in [7, 11) is 0. The molecule has 1 rings (SSSR count). The molecule has 1 aliphatic rings. The van der Waals surface area contributed by atoms with Crippen LogP contribution in [0, 0.1) is 5.92 Å². The van der Waals surface area contributed by atoms with E-state index in [-0.39, 0.29) is 0 Å². The molecule has 0 aromatic rings. The highest BCUT2D eigenvalue weighted by atomic mass is 15.1. The van der Waals surface area contributed by atoms with Crippen molar-refractivity contribution in [1.29, 1.82) is 0 Å². The van der Waals surface area contributed by atoms with E-state index in [0.717, 1.165) is 25.4 Å². The van der Waals surface area contributed by atoms with E-state index in [1.165, 1.54) is 45.3 Å². The molecule has 0 aromatic carbocycles. The summed E-state index contributed by atoms with van der Waals surface area (Å²) in [5.41, 5.74) is 5.73. The fourth-order valence-electron chi connectivity index (χ4n) is 2.45. The third kappa shape index (κ3) is 6.84. The molecule has 106 valence electrons. The van der Waals surface area contributed by atoms with Crippen LogP contribution in [0.15, 0.2) is 4.99 Å². The van der Waals surface area contributed by atoms with Crippen LogP contribution >= 0.6 is 0 Å². The highest BCUT2D eigenvalue weighted by Gasteiger charge is 2.14. The van der Waals surface area contributed by atoms with Crippen LogP contribution in [0.4, 0.5) is 0 Å². The Morgan fingerprint density at radius 2 is 2.28 bits per heavy atom. The van der Waals surface area contributed by atoms with Gasteiger partial charge in [0.25, 0.3) is 0 Å². The van der Waals surface area contributed by atoms with Gasteiger partial charge in [0, 0.05) is 19.6 Å². The van der Waals surface area contributed by atoms with Gasteiger partial charge in [-0.2, -0.15) is 0 Å². The molecule has 4 heteroatoms. The zero-order valence-electron chi connectivity index (χ0n) is 12.1. The van der Waals surface area contributed by atoms with Gasteiger partial charge in [-0.1, -0.05) is 13.8 Å². The Hall–Kier alpha value is -0.770. The summed E-state index contributed by atoms with van der Waals surface area (Å²) in [6.07, 6.45) is 6.25. The molecule has 0 aromatic heterocycles. The minimum atomic E-state index is 0.600. The number of aliphatic imine (C=N–C) groups is 1. The summed E-state index contributed by atoms with van der Waals surface area (Å²) in [6, 6.07) is 0. The average Bonchev–Trinajstić information content (AvgIpc) is 2.36. The van der Waals surface area contributed by atoms with Crippen molar-refractivity contribution in [3.63, 3.8) is 0 Å². The second-order valence-corrected chi connectivity index (χ2v) is 5.45. The van der Waals surface area contributed by atoms with Crippen LogP contribution in [0.1, 0.15) is 46.0 Å². The van der Waals surface area contributed by atoms with Crippen molar-refractivity contribution in [2.24, 2.45) is 16.6 Å². The molecule has 0 saturated carbocycles. The second-order valence-electron chi connectivity index (χ2n) is 5.45. The summed E-state index contributed by atoms with van der Waals surface area (Å²) in [6.45, 7) is 10.0. The smallest absolute Gasteiger partial charge is 0.188 e. The molecule has 0 amide bonds. The van der Waals surface area contributed by atoms with Gasteiger partial charge >= 0.3 is 0 Å². The number of likely N-dealkylation sites (tertiary alicyclic amines) is 1. The predicted molar refractivity (Wildman–Crippen MR) is 78.9 cm³/mol. The van der Waals surface area contributed by atoms with Crippen LogP contribution in [0.5, 0.6) is 0 Å². The maximum absolute atomic E-state index is 5.73. The van der Waals surface area contributed by atoms with Crippen LogP contribution in [0.2, 0.25) is 0 Å². The van der Waals surface area contributed by atoms with E-state index in [9.17, 15) is 0 Å². The van der Waals surface area contributed by atoms with Crippen molar-refractivity contribution in [2.75, 3.05) is 32.7 Å². The van der Waals surface area contributed by atoms with E-state index in [2.05, 4.69) is 29.1 Å². The zero-order chi connectivity index (χ0) is 13.2. The Kier molecular flexibility index (Phi) is 7.81. The summed E-state index contributed by atoms with van der Waals surface area (Å²) in [5, 5.41) is 3.17. The van der Waals surface area contributed by atoms with Gasteiger partial charge in [0.1, 0.15) is 0 Å². The maximum atomic E-state index is 5.73. The lowest BCUT2D eigenvalue weighted by Crippen LogP contribution is -2.36. The fourth-order valence-corrected chi connectivity index (χ4v) is 2.45. The number of rotatable bonds is 7. The van der Waals surface area contributed by atoms with E-state index in [1.807, 2.05) is 0 Å². The SMILES string of the molecule is CCCN=C(N)NCCCCN1CCCC(C)C1. The van der Waals surface area contributed by atoms with Crippen molar-refractivity contribution >= 4 is 5.96 Å². The number of piperidine rings is 1. The summed E-state index contributed by atoms with van der Waals surface area (Å²) in [4.78, 5) is 6.81. The van der Waals surface area contributed by atoms with Gasteiger partial charge in [-0.15, -0.1) is 0 Å². The quantitative estimate of drug-likeness (QED) is 0.414. The molecule has 18 heavy (non-hydrogen) atoms. The Balaban J connectivity index is 1.98. The number of nitrogens with two attached hydrogens (primary N) is 1. The molecule has 1 atom stereocenters. The van der Waals surface area contributed by atoms with Gasteiger partial charge in [0.2, 0.25) is 0 Å². The summed E-state index contributed by atoms with van der Waals surface area (Å²) in [5.74, 6) is 1.48. The molecular formula is C14H30N4. The van der Waals surface area contributed by atoms with Crippen LogP contribution < -0.4 is 11.1 Å². The Morgan fingerprint density at radius 1 is 1.44 bits per heavy atom. The van der Waals surface area contributed by atoms with Crippen LogP contribution in [-0.2, 0) is 0 Å². The topological polar surface area (TPSA) is 53.6 Å². The predicted octanol–water partition coefficient (Wildman–Crippen LogP) is 1.81. The van der Waals surface area contributed by atoms with Crippen LogP contribution in [-0.4, -0.2) is 43.6 Å². The second kappa shape index (κ2) is 9.20. The van der Waals surface area contributed by atoms with Crippen molar-refractivity contribution in [3.05, 3.63) is 0 Å². The normalized spacial score (nSPS) is 22.1. The third-order valence-electron chi connectivity index (χ3n) is 3.45. The minimum absolute atomic E-state index is 0.600. The van der Waals surface area contributed by atoms with Gasteiger partial charge in [-0.3, -0.25) is 4.99 Å². The first-order valence-corrected chi connectivity index (χ1v) is 7.48. The van der Waals surface area contributed by atoms with Gasteiger partial charge < -0.3 is 16.0 Å². The molecule has 0 aliphatic carbocycles. The molecule has 1 heterocycles. The van der Waals surface area contributed by atoms with Crippen LogP contribution in [0.25, 0.3) is 0 Å². The monoisotopic (exact) mass is 254 g/mol. The van der Waals surface area contributed by atoms with E-state index in [4.69, 9.17) is 5.73 Å². The molecule has 0 spiro atoms. The summed E-state index contributed by atoms with van der Waals surface area (Å²) < 4.78 is 0. The van der Waals surface area contributed by atoms with Gasteiger partial charge in [-0.25, -0.2) is 0 Å². The summed E-state index contributed by atoms with van der Waals surface area (Å²) >= 11 is 0. The molecule has 1 unspecified atom stereocenters. The number of nitrogens with zero attached hydrogens (tertiary/aromatic N) is 2. The molecule has 1 saturated heterocycles. The number of unbranched alkanes of at least 4 members (excludes halogenated alkanes) is 1. The van der Waals surface area contributed by atoms with Crippen molar-refractivity contribution in [3.8, 4) is 0 Å². The van der Waals surface area contributed by atoms with Gasteiger partial charge in [0.15, 0.2) is 5.96 Å². The van der Waals surface area contributed by atoms with E-state index in [1.54, 1.807) is 0 Å². The molecule has 4 nitrogen and oxygen atoms in total. The molecular weight excluding hydrogens is 224 g/mol. The van der Waals surface area contributed by atoms with E-state index >= 15 is 0 Å². The van der Waals surface area contributed by atoms with Crippen molar-refractivity contribution < 1.29 is 0 Å². The Bertz CT molecular complexity index is 240. The number of nitrogens with one attached hydrogen (secondary N) is 1. The minimum Gasteiger partial charge on any atom is -0.370 e. The number of hydrogen-bond acceptors (Lipinski definition) is 2. The Labute approximate surface area is 112 Å². The lowest BCUT2D eigenvalue weighted by atomic mass is 10.0. The molecule has 0 radical (unpaired) electrons. The molecule has 1 aliphatic heterocycles. The lowest BCUT2D eigenvalue weighted by Gasteiger charge is -2.30. The van der Waals surface area contributed by atoms with Crippen molar-refractivity contribution in [1.82, 2.24) is 10.2 Å². The third-order valence-corrected chi connectivity index (χ3v) is 3.45. The average molecular weight is 254 g/mol. The molecule has 3 N–H and O–H groups in total. The molecule has 0 bridgehead atoms. The molecule has 1 fully saturated rings. The van der Waals surface area contributed by atoms with Gasteiger partial charge in [-0.05, 0) is 51.1 Å². The lowest BCUT2D eigenvalue weighted by molar-refractivity contribution is 0.181. The van der Waals surface area contributed by atoms with E-state index in [0.29, 0.717) is 5.96 Å². The first-order valence-electron chi connectivity index (χ1n) is 7.48. The number of guanidine groups is 1. The first kappa shape index (κ1) is 15.3. The number of hydrogen-bond donors (Lipinski definition) is 2. The van der Waals surface area contributed by atoms with Crippen LogP contribution in [0.3, 0.4) is 0 Å². The van der Waals surface area contributed by atoms with Gasteiger partial charge in [0.05, 0.1) is 0 Å². The maximum Gasteiger partial charge on any atom is 0.188 e. The van der Waals surface area contributed by atoms with E-state index < -0.39 is 0 Å². The zero-order valence-corrected chi connectivity index (χ0v) is 12.1. The fraction of sp³-hybridized carbons (Fsp3) is 0.929. The largest absolute Gasteiger partial charge is 0.370 e. The van der Waals surface area contributed by atoms with Crippen molar-refractivity contribution in [2.45, 2.75) is 46.0 Å².